The third kappa shape index (κ3) is 3.24. The Balaban J connectivity index is 1.87. The van der Waals surface area contributed by atoms with Gasteiger partial charge in [-0.15, -0.1) is 0 Å². The van der Waals surface area contributed by atoms with E-state index < -0.39 is 5.91 Å². The number of ether oxygens (including phenoxy) is 2. The van der Waals surface area contributed by atoms with Crippen molar-refractivity contribution in [2.24, 2.45) is 0 Å². The molecule has 2 heterocycles. The summed E-state index contributed by atoms with van der Waals surface area (Å²) in [5, 5.41) is 6.46. The van der Waals surface area contributed by atoms with Crippen molar-refractivity contribution in [3.05, 3.63) is 35.2 Å². The summed E-state index contributed by atoms with van der Waals surface area (Å²) < 4.78 is 16.1. The molecule has 24 heavy (non-hydrogen) atoms. The Morgan fingerprint density at radius 1 is 1.17 bits per heavy atom. The van der Waals surface area contributed by atoms with Crippen LogP contribution < -0.4 is 14.8 Å². The highest BCUT2D eigenvalue weighted by molar-refractivity contribution is 6.08. The summed E-state index contributed by atoms with van der Waals surface area (Å²) in [6.07, 6.45) is 1.61. The number of hydrogen-bond donors (Lipinski definition) is 1. The first kappa shape index (κ1) is 16.0. The fourth-order valence-electron chi connectivity index (χ4n) is 2.45. The Morgan fingerprint density at radius 2 is 1.88 bits per heavy atom. The minimum atomic E-state index is -0.444. The maximum atomic E-state index is 12.4. The maximum absolute atomic E-state index is 12.4. The first-order chi connectivity index (χ1) is 11.6. The van der Waals surface area contributed by atoms with Gasteiger partial charge in [0.1, 0.15) is 19.0 Å². The van der Waals surface area contributed by atoms with Crippen molar-refractivity contribution >= 4 is 17.4 Å². The van der Waals surface area contributed by atoms with Crippen molar-refractivity contribution in [1.29, 1.82) is 0 Å². The van der Waals surface area contributed by atoms with Crippen molar-refractivity contribution in [2.75, 3.05) is 18.5 Å². The Morgan fingerprint density at radius 3 is 2.54 bits per heavy atom. The lowest BCUT2D eigenvalue weighted by molar-refractivity contribution is 0.101. The van der Waals surface area contributed by atoms with Crippen LogP contribution in [0.1, 0.15) is 46.9 Å². The number of aryl methyl sites for hydroxylation is 1. The van der Waals surface area contributed by atoms with Gasteiger partial charge in [0.2, 0.25) is 0 Å². The number of hydrogen-bond acceptors (Lipinski definition) is 6. The molecule has 0 saturated heterocycles. The van der Waals surface area contributed by atoms with E-state index in [1.54, 1.807) is 18.2 Å². The van der Waals surface area contributed by atoms with Crippen molar-refractivity contribution in [2.45, 2.75) is 26.7 Å². The SMILES string of the molecule is CCCc1cc(C(=O)Nc2cc3c(cc2C(C)=O)OCCO3)no1. The van der Waals surface area contributed by atoms with Crippen LogP contribution in [0.15, 0.2) is 22.7 Å². The Kier molecular flexibility index (Phi) is 4.50. The van der Waals surface area contributed by atoms with E-state index in [4.69, 9.17) is 14.0 Å². The van der Waals surface area contributed by atoms with Gasteiger partial charge in [-0.1, -0.05) is 12.1 Å². The number of nitrogens with zero attached hydrogens (tertiary/aromatic N) is 1. The molecule has 1 aliphatic rings. The fraction of sp³-hybridized carbons (Fsp3) is 0.353. The van der Waals surface area contributed by atoms with Gasteiger partial charge in [0.25, 0.3) is 5.91 Å². The Hall–Kier alpha value is -2.83. The van der Waals surface area contributed by atoms with Crippen molar-refractivity contribution in [1.82, 2.24) is 5.16 Å². The summed E-state index contributed by atoms with van der Waals surface area (Å²) in [7, 11) is 0. The lowest BCUT2D eigenvalue weighted by atomic mass is 10.1. The van der Waals surface area contributed by atoms with E-state index >= 15 is 0 Å². The Labute approximate surface area is 138 Å². The molecule has 0 radical (unpaired) electrons. The lowest BCUT2D eigenvalue weighted by Gasteiger charge is -2.20. The van der Waals surface area contributed by atoms with Gasteiger partial charge in [0, 0.05) is 24.1 Å². The van der Waals surface area contributed by atoms with Gasteiger partial charge < -0.3 is 19.3 Å². The first-order valence-electron chi connectivity index (χ1n) is 7.80. The number of aromatic nitrogens is 1. The van der Waals surface area contributed by atoms with E-state index in [1.807, 2.05) is 6.92 Å². The molecule has 0 atom stereocenters. The van der Waals surface area contributed by atoms with Crippen molar-refractivity contribution in [3.8, 4) is 11.5 Å². The highest BCUT2D eigenvalue weighted by Crippen LogP contribution is 2.36. The van der Waals surface area contributed by atoms with Gasteiger partial charge in [-0.05, 0) is 19.4 Å². The molecule has 1 amide bonds. The number of benzene rings is 1. The van der Waals surface area contributed by atoms with E-state index in [2.05, 4.69) is 10.5 Å². The second-order valence-electron chi connectivity index (χ2n) is 5.48. The summed E-state index contributed by atoms with van der Waals surface area (Å²) in [4.78, 5) is 24.2. The highest BCUT2D eigenvalue weighted by atomic mass is 16.6. The number of nitrogens with one attached hydrogen (secondary N) is 1. The number of Topliss-reactive ketones (excluding diaryl/α,β-unsaturated/α-hetero) is 1. The summed E-state index contributed by atoms with van der Waals surface area (Å²) >= 11 is 0. The molecule has 126 valence electrons. The predicted molar refractivity (Wildman–Crippen MR) is 85.9 cm³/mol. The van der Waals surface area contributed by atoms with Gasteiger partial charge in [-0.3, -0.25) is 9.59 Å². The van der Waals surface area contributed by atoms with Crippen LogP contribution in [0.4, 0.5) is 5.69 Å². The fourth-order valence-corrected chi connectivity index (χ4v) is 2.45. The zero-order chi connectivity index (χ0) is 17.1. The monoisotopic (exact) mass is 330 g/mol. The number of carbonyl (C=O) groups excluding carboxylic acids is 2. The van der Waals surface area contributed by atoms with E-state index in [0.717, 1.165) is 6.42 Å². The number of anilines is 1. The smallest absolute Gasteiger partial charge is 0.277 e. The van der Waals surface area contributed by atoms with Crippen molar-refractivity contribution in [3.63, 3.8) is 0 Å². The number of carbonyl (C=O) groups is 2. The van der Waals surface area contributed by atoms with Crippen LogP contribution in [0.3, 0.4) is 0 Å². The quantitative estimate of drug-likeness (QED) is 0.848. The van der Waals surface area contributed by atoms with Crippen LogP contribution in [0.5, 0.6) is 11.5 Å². The molecular weight excluding hydrogens is 312 g/mol. The molecule has 0 bridgehead atoms. The number of ketones is 1. The maximum Gasteiger partial charge on any atom is 0.277 e. The summed E-state index contributed by atoms with van der Waals surface area (Å²) in [6.45, 7) is 4.28. The largest absolute Gasteiger partial charge is 0.486 e. The third-order valence-electron chi connectivity index (χ3n) is 3.60. The van der Waals surface area contributed by atoms with E-state index in [1.165, 1.54) is 6.92 Å². The van der Waals surface area contributed by atoms with Gasteiger partial charge in [-0.2, -0.15) is 0 Å². The van der Waals surface area contributed by atoms with Crippen LogP contribution >= 0.6 is 0 Å². The molecular formula is C17H18N2O5. The molecule has 0 spiro atoms. The summed E-state index contributed by atoms with van der Waals surface area (Å²) in [5.74, 6) is 1.01. The van der Waals surface area contributed by atoms with E-state index in [-0.39, 0.29) is 11.5 Å². The second kappa shape index (κ2) is 6.74. The number of fused-ring (bicyclic) bond motifs is 1. The molecule has 7 nitrogen and oxygen atoms in total. The van der Waals surface area contributed by atoms with E-state index in [9.17, 15) is 9.59 Å². The third-order valence-corrected chi connectivity index (χ3v) is 3.60. The summed E-state index contributed by atoms with van der Waals surface area (Å²) in [5.41, 5.74) is 0.879. The molecule has 1 aromatic carbocycles. The summed E-state index contributed by atoms with van der Waals surface area (Å²) in [6, 6.07) is 4.78. The van der Waals surface area contributed by atoms with Crippen LogP contribution in [-0.4, -0.2) is 30.1 Å². The minimum absolute atomic E-state index is 0.169. The van der Waals surface area contributed by atoms with Crippen molar-refractivity contribution < 1.29 is 23.6 Å². The molecule has 1 N–H and O–H groups in total. The predicted octanol–water partition coefficient (Wildman–Crippen LogP) is 2.85. The lowest BCUT2D eigenvalue weighted by Crippen LogP contribution is -2.18. The van der Waals surface area contributed by atoms with Gasteiger partial charge in [-0.25, -0.2) is 0 Å². The normalized spacial score (nSPS) is 12.8. The molecule has 1 aliphatic heterocycles. The second-order valence-corrected chi connectivity index (χ2v) is 5.48. The standard InChI is InChI=1S/C17H18N2O5/c1-3-4-11-7-14(19-24-11)17(21)18-13-9-16-15(22-5-6-23-16)8-12(13)10(2)20/h7-9H,3-6H2,1-2H3,(H,18,21). The average molecular weight is 330 g/mol. The zero-order valence-electron chi connectivity index (χ0n) is 13.5. The number of amides is 1. The molecule has 0 aliphatic carbocycles. The Bertz CT molecular complexity index is 781. The van der Waals surface area contributed by atoms with Crippen LogP contribution in [0, 0.1) is 0 Å². The van der Waals surface area contributed by atoms with Crippen LogP contribution in [0.2, 0.25) is 0 Å². The molecule has 3 rings (SSSR count). The zero-order valence-corrected chi connectivity index (χ0v) is 13.5. The molecule has 7 heteroatoms. The average Bonchev–Trinajstić information content (AvgIpc) is 3.03. The van der Waals surface area contributed by atoms with Crippen LogP contribution in [-0.2, 0) is 6.42 Å². The van der Waals surface area contributed by atoms with Gasteiger partial charge in [0.05, 0.1) is 5.69 Å². The molecule has 0 unspecified atom stereocenters. The highest BCUT2D eigenvalue weighted by Gasteiger charge is 2.21. The number of rotatable bonds is 5. The molecule has 0 saturated carbocycles. The first-order valence-corrected chi connectivity index (χ1v) is 7.80. The van der Waals surface area contributed by atoms with Gasteiger partial charge in [0.15, 0.2) is 23.0 Å². The topological polar surface area (TPSA) is 90.7 Å². The molecule has 0 fully saturated rings. The minimum Gasteiger partial charge on any atom is -0.486 e. The molecule has 2 aromatic rings. The van der Waals surface area contributed by atoms with Gasteiger partial charge >= 0.3 is 0 Å². The van der Waals surface area contributed by atoms with Crippen LogP contribution in [0.25, 0.3) is 0 Å². The van der Waals surface area contributed by atoms with E-state index in [0.29, 0.717) is 48.1 Å². The molecule has 1 aromatic heterocycles.